The van der Waals surface area contributed by atoms with Gasteiger partial charge in [-0.05, 0) is 25.9 Å². The van der Waals surface area contributed by atoms with Crippen LogP contribution in [0.1, 0.15) is 39.6 Å². The topological polar surface area (TPSA) is 62.7 Å². The maximum absolute atomic E-state index is 11.2. The molecule has 0 unspecified atom stereocenters. The minimum absolute atomic E-state index is 0.224. The molecule has 1 N–H and O–H groups in total. The third kappa shape index (κ3) is 3.99. The Labute approximate surface area is 117 Å². The molecule has 1 aliphatic rings. The van der Waals surface area contributed by atoms with Gasteiger partial charge in [0, 0.05) is 20.1 Å². The Morgan fingerprint density at radius 1 is 1.42 bits per heavy atom. The number of piperidine rings is 1. The van der Waals surface area contributed by atoms with E-state index < -0.39 is 5.97 Å². The first-order valence-corrected chi connectivity index (χ1v) is 7.45. The highest BCUT2D eigenvalue weighted by molar-refractivity contribution is 7.11. The van der Waals surface area contributed by atoms with E-state index in [9.17, 15) is 9.90 Å². The number of rotatable bonds is 6. The van der Waals surface area contributed by atoms with Crippen molar-refractivity contribution in [2.24, 2.45) is 0 Å². The standard InChI is InChI=1S/C13H20N2O3S/c1-18-8-5-11-14-12(13(16)17)10(19-11)9-15-6-3-2-4-7-15/h2-9H2,1H3,(H,16,17). The first kappa shape index (κ1) is 14.4. The molecule has 1 aromatic rings. The van der Waals surface area contributed by atoms with E-state index in [1.165, 1.54) is 30.6 Å². The third-order valence-corrected chi connectivity index (χ3v) is 4.38. The Kier molecular flexibility index (Phi) is 5.30. The predicted octanol–water partition coefficient (Wildman–Crippen LogP) is 2.02. The van der Waals surface area contributed by atoms with Crippen molar-refractivity contribution in [2.45, 2.75) is 32.2 Å². The molecule has 1 aliphatic heterocycles. The quantitative estimate of drug-likeness (QED) is 0.866. The minimum atomic E-state index is -0.924. The zero-order valence-electron chi connectivity index (χ0n) is 11.2. The van der Waals surface area contributed by atoms with Crippen molar-refractivity contribution in [3.8, 4) is 0 Å². The number of likely N-dealkylation sites (tertiary alicyclic amines) is 1. The molecule has 5 nitrogen and oxygen atoms in total. The van der Waals surface area contributed by atoms with Crippen molar-refractivity contribution >= 4 is 17.3 Å². The van der Waals surface area contributed by atoms with Gasteiger partial charge >= 0.3 is 5.97 Å². The van der Waals surface area contributed by atoms with Gasteiger partial charge in [0.15, 0.2) is 5.69 Å². The van der Waals surface area contributed by atoms with E-state index in [-0.39, 0.29) is 5.69 Å². The van der Waals surface area contributed by atoms with Crippen LogP contribution >= 0.6 is 11.3 Å². The zero-order chi connectivity index (χ0) is 13.7. The van der Waals surface area contributed by atoms with Crippen LogP contribution in [-0.2, 0) is 17.7 Å². The Bertz CT molecular complexity index is 428. The summed E-state index contributed by atoms with van der Waals surface area (Å²) in [5, 5.41) is 10.1. The Morgan fingerprint density at radius 3 is 2.79 bits per heavy atom. The number of carboxylic acids is 1. The van der Waals surface area contributed by atoms with Gasteiger partial charge in [-0.3, -0.25) is 4.90 Å². The molecule has 19 heavy (non-hydrogen) atoms. The van der Waals surface area contributed by atoms with Gasteiger partial charge in [0.05, 0.1) is 16.5 Å². The van der Waals surface area contributed by atoms with E-state index >= 15 is 0 Å². The summed E-state index contributed by atoms with van der Waals surface area (Å²) < 4.78 is 5.01. The third-order valence-electron chi connectivity index (χ3n) is 3.28. The average Bonchev–Trinajstić information content (AvgIpc) is 2.81. The summed E-state index contributed by atoms with van der Waals surface area (Å²) in [6, 6.07) is 0. The van der Waals surface area contributed by atoms with Gasteiger partial charge in [-0.2, -0.15) is 0 Å². The molecule has 0 atom stereocenters. The number of carboxylic acid groups (broad SMARTS) is 1. The SMILES string of the molecule is COCCc1nc(C(=O)O)c(CN2CCCCC2)s1. The molecule has 1 fully saturated rings. The summed E-state index contributed by atoms with van der Waals surface area (Å²) in [5.74, 6) is -0.924. The summed E-state index contributed by atoms with van der Waals surface area (Å²) in [6.07, 6.45) is 4.38. The fourth-order valence-electron chi connectivity index (χ4n) is 2.29. The lowest BCUT2D eigenvalue weighted by Gasteiger charge is -2.25. The highest BCUT2D eigenvalue weighted by Crippen LogP contribution is 2.23. The highest BCUT2D eigenvalue weighted by Gasteiger charge is 2.20. The zero-order valence-corrected chi connectivity index (χ0v) is 12.0. The molecule has 0 spiro atoms. The lowest BCUT2D eigenvalue weighted by molar-refractivity contribution is 0.0688. The van der Waals surface area contributed by atoms with Crippen molar-refractivity contribution in [3.05, 3.63) is 15.6 Å². The fourth-order valence-corrected chi connectivity index (χ4v) is 3.38. The number of ether oxygens (including phenoxy) is 1. The van der Waals surface area contributed by atoms with Gasteiger partial charge in [0.25, 0.3) is 0 Å². The Morgan fingerprint density at radius 2 is 2.16 bits per heavy atom. The van der Waals surface area contributed by atoms with Crippen LogP contribution in [0.15, 0.2) is 0 Å². The first-order valence-electron chi connectivity index (χ1n) is 6.64. The number of nitrogens with zero attached hydrogens (tertiary/aromatic N) is 2. The second-order valence-corrected chi connectivity index (χ2v) is 5.93. The smallest absolute Gasteiger partial charge is 0.355 e. The average molecular weight is 284 g/mol. The van der Waals surface area contributed by atoms with E-state index in [0.717, 1.165) is 23.0 Å². The molecule has 2 heterocycles. The van der Waals surface area contributed by atoms with Crippen LogP contribution in [0.3, 0.4) is 0 Å². The van der Waals surface area contributed by atoms with Gasteiger partial charge in [0.1, 0.15) is 0 Å². The fraction of sp³-hybridized carbons (Fsp3) is 0.692. The first-order chi connectivity index (χ1) is 9.20. The van der Waals surface area contributed by atoms with Crippen molar-refractivity contribution < 1.29 is 14.6 Å². The summed E-state index contributed by atoms with van der Waals surface area (Å²) >= 11 is 1.51. The van der Waals surface area contributed by atoms with Crippen LogP contribution in [0.2, 0.25) is 0 Å². The molecule has 0 amide bonds. The van der Waals surface area contributed by atoms with Crippen molar-refractivity contribution in [1.82, 2.24) is 9.88 Å². The summed E-state index contributed by atoms with van der Waals surface area (Å²) in [4.78, 5) is 18.7. The van der Waals surface area contributed by atoms with E-state index in [0.29, 0.717) is 19.6 Å². The largest absolute Gasteiger partial charge is 0.476 e. The van der Waals surface area contributed by atoms with E-state index in [4.69, 9.17) is 4.74 Å². The molecule has 1 saturated heterocycles. The summed E-state index contributed by atoms with van der Waals surface area (Å²) in [6.45, 7) is 3.41. The van der Waals surface area contributed by atoms with Gasteiger partial charge in [-0.1, -0.05) is 6.42 Å². The molecule has 1 aromatic heterocycles. The second-order valence-electron chi connectivity index (χ2n) is 4.76. The Balaban J connectivity index is 2.07. The maximum atomic E-state index is 11.2. The molecule has 0 bridgehead atoms. The van der Waals surface area contributed by atoms with Crippen LogP contribution in [0.5, 0.6) is 0 Å². The molecule has 0 radical (unpaired) electrons. The number of thiazole rings is 1. The highest BCUT2D eigenvalue weighted by atomic mass is 32.1. The van der Waals surface area contributed by atoms with E-state index in [1.54, 1.807) is 7.11 Å². The Hall–Kier alpha value is -0.980. The summed E-state index contributed by atoms with van der Waals surface area (Å²) in [5.41, 5.74) is 0.224. The predicted molar refractivity (Wildman–Crippen MR) is 73.8 cm³/mol. The molecular weight excluding hydrogens is 264 g/mol. The van der Waals surface area contributed by atoms with Gasteiger partial charge < -0.3 is 9.84 Å². The monoisotopic (exact) mass is 284 g/mol. The molecule has 0 aromatic carbocycles. The minimum Gasteiger partial charge on any atom is -0.476 e. The van der Waals surface area contributed by atoms with Gasteiger partial charge in [0.2, 0.25) is 0 Å². The molecular formula is C13H20N2O3S. The lowest BCUT2D eigenvalue weighted by atomic mass is 10.1. The van der Waals surface area contributed by atoms with Gasteiger partial charge in [-0.15, -0.1) is 11.3 Å². The van der Waals surface area contributed by atoms with Gasteiger partial charge in [-0.25, -0.2) is 9.78 Å². The molecule has 6 heteroatoms. The van der Waals surface area contributed by atoms with Crippen LogP contribution in [-0.4, -0.2) is 47.8 Å². The summed E-state index contributed by atoms with van der Waals surface area (Å²) in [7, 11) is 1.64. The van der Waals surface area contributed by atoms with Crippen LogP contribution < -0.4 is 0 Å². The molecule has 106 valence electrons. The number of carbonyl (C=O) groups is 1. The van der Waals surface area contributed by atoms with Crippen molar-refractivity contribution in [1.29, 1.82) is 0 Å². The lowest BCUT2D eigenvalue weighted by Crippen LogP contribution is -2.29. The number of hydrogen-bond donors (Lipinski definition) is 1. The van der Waals surface area contributed by atoms with Crippen LogP contribution in [0, 0.1) is 0 Å². The number of methoxy groups -OCH3 is 1. The number of aromatic nitrogens is 1. The van der Waals surface area contributed by atoms with Crippen LogP contribution in [0.25, 0.3) is 0 Å². The van der Waals surface area contributed by atoms with Crippen molar-refractivity contribution in [3.63, 3.8) is 0 Å². The number of hydrogen-bond acceptors (Lipinski definition) is 5. The maximum Gasteiger partial charge on any atom is 0.355 e. The van der Waals surface area contributed by atoms with Crippen molar-refractivity contribution in [2.75, 3.05) is 26.8 Å². The van der Waals surface area contributed by atoms with Crippen LogP contribution in [0.4, 0.5) is 0 Å². The van der Waals surface area contributed by atoms with E-state index in [1.807, 2.05) is 0 Å². The number of aromatic carboxylic acids is 1. The molecule has 0 saturated carbocycles. The molecule has 2 rings (SSSR count). The van der Waals surface area contributed by atoms with E-state index in [2.05, 4.69) is 9.88 Å². The second kappa shape index (κ2) is 6.98. The normalized spacial score (nSPS) is 16.7. The molecule has 0 aliphatic carbocycles.